The van der Waals surface area contributed by atoms with Gasteiger partial charge < -0.3 is 5.11 Å². The van der Waals surface area contributed by atoms with Crippen molar-refractivity contribution >= 4 is 5.97 Å². The second kappa shape index (κ2) is 4.63. The Balaban J connectivity index is 2.80. The lowest BCUT2D eigenvalue weighted by molar-refractivity contribution is -0.148. The van der Waals surface area contributed by atoms with Crippen LogP contribution in [0.2, 0.25) is 0 Å². The van der Waals surface area contributed by atoms with E-state index in [1.807, 2.05) is 26.0 Å². The molecular formula is C12H20O2. The maximum atomic E-state index is 11.3. The van der Waals surface area contributed by atoms with Gasteiger partial charge in [0.1, 0.15) is 0 Å². The van der Waals surface area contributed by atoms with Gasteiger partial charge in [0.05, 0.1) is 5.41 Å². The van der Waals surface area contributed by atoms with E-state index < -0.39 is 11.4 Å². The van der Waals surface area contributed by atoms with Crippen molar-refractivity contribution in [1.82, 2.24) is 0 Å². The van der Waals surface area contributed by atoms with Crippen LogP contribution >= 0.6 is 0 Å². The first kappa shape index (κ1) is 11.3. The molecule has 1 N–H and O–H groups in total. The Morgan fingerprint density at radius 1 is 1.36 bits per heavy atom. The van der Waals surface area contributed by atoms with Crippen LogP contribution in [0.5, 0.6) is 0 Å². The number of carbonyl (C=O) groups is 1. The van der Waals surface area contributed by atoms with Crippen molar-refractivity contribution in [3.05, 3.63) is 12.2 Å². The molecule has 0 aromatic carbocycles. The average Bonchev–Trinajstić information content (AvgIpc) is 2.19. The molecule has 0 radical (unpaired) electrons. The highest BCUT2D eigenvalue weighted by molar-refractivity contribution is 5.77. The second-order valence-electron chi connectivity index (χ2n) is 4.42. The standard InChI is InChI=1S/C12H20O2/c1-3-9-12(2,11(13)14)10-7-5-4-6-8-10/h3,9-10H,4-8H2,1-2H3,(H,13,14)/b9-3+. The van der Waals surface area contributed by atoms with Crippen LogP contribution in [0.25, 0.3) is 0 Å². The molecular weight excluding hydrogens is 176 g/mol. The first-order valence-electron chi connectivity index (χ1n) is 5.48. The minimum atomic E-state index is -0.678. The first-order chi connectivity index (χ1) is 6.61. The number of aliphatic carboxylic acids is 1. The molecule has 2 nitrogen and oxygen atoms in total. The summed E-state index contributed by atoms with van der Waals surface area (Å²) in [5.74, 6) is -0.354. The number of hydrogen-bond donors (Lipinski definition) is 1. The molecule has 0 amide bonds. The van der Waals surface area contributed by atoms with Crippen LogP contribution in [0, 0.1) is 11.3 Å². The largest absolute Gasteiger partial charge is 0.481 e. The maximum Gasteiger partial charge on any atom is 0.313 e. The van der Waals surface area contributed by atoms with Crippen LogP contribution < -0.4 is 0 Å². The van der Waals surface area contributed by atoms with Gasteiger partial charge in [0.25, 0.3) is 0 Å². The summed E-state index contributed by atoms with van der Waals surface area (Å²) in [7, 11) is 0. The maximum absolute atomic E-state index is 11.3. The van der Waals surface area contributed by atoms with Gasteiger partial charge in [-0.1, -0.05) is 31.4 Å². The summed E-state index contributed by atoms with van der Waals surface area (Å²) in [5.41, 5.74) is -0.644. The Morgan fingerprint density at radius 3 is 2.36 bits per heavy atom. The molecule has 0 spiro atoms. The Bertz CT molecular complexity index is 226. The summed E-state index contributed by atoms with van der Waals surface area (Å²) in [5, 5.41) is 9.26. The lowest BCUT2D eigenvalue weighted by Crippen LogP contribution is -2.35. The molecule has 0 aromatic heterocycles. The normalized spacial score (nSPS) is 23.6. The number of rotatable bonds is 3. The molecule has 1 aliphatic carbocycles. The SMILES string of the molecule is C/C=C/C(C)(C(=O)O)C1CCCCC1. The van der Waals surface area contributed by atoms with Crippen molar-refractivity contribution in [2.75, 3.05) is 0 Å². The van der Waals surface area contributed by atoms with E-state index >= 15 is 0 Å². The van der Waals surface area contributed by atoms with Crippen LogP contribution in [0.4, 0.5) is 0 Å². The molecule has 2 heteroatoms. The molecule has 1 saturated carbocycles. The molecule has 0 aliphatic heterocycles. The van der Waals surface area contributed by atoms with Crippen LogP contribution in [-0.2, 0) is 4.79 Å². The Labute approximate surface area is 86.0 Å². The molecule has 1 fully saturated rings. The summed E-state index contributed by atoms with van der Waals surface area (Å²) in [4.78, 5) is 11.3. The van der Waals surface area contributed by atoms with Gasteiger partial charge in [-0.25, -0.2) is 0 Å². The summed E-state index contributed by atoms with van der Waals surface area (Å²) in [6.45, 7) is 3.75. The summed E-state index contributed by atoms with van der Waals surface area (Å²) in [6.07, 6.45) is 9.48. The third-order valence-corrected chi connectivity index (χ3v) is 3.43. The summed E-state index contributed by atoms with van der Waals surface area (Å²) in [6, 6.07) is 0. The molecule has 0 bridgehead atoms. The van der Waals surface area contributed by atoms with Crippen molar-refractivity contribution < 1.29 is 9.90 Å². The molecule has 80 valence electrons. The third kappa shape index (κ3) is 2.17. The fraction of sp³-hybridized carbons (Fsp3) is 0.750. The molecule has 1 atom stereocenters. The van der Waals surface area contributed by atoms with E-state index in [9.17, 15) is 9.90 Å². The molecule has 0 aromatic rings. The predicted molar refractivity (Wildman–Crippen MR) is 57.1 cm³/mol. The zero-order valence-corrected chi connectivity index (χ0v) is 9.12. The fourth-order valence-electron chi connectivity index (χ4n) is 2.43. The number of carboxylic acids is 1. The Hall–Kier alpha value is -0.790. The molecule has 0 saturated heterocycles. The van der Waals surface area contributed by atoms with E-state index in [-0.39, 0.29) is 0 Å². The first-order valence-corrected chi connectivity index (χ1v) is 5.48. The summed E-state index contributed by atoms with van der Waals surface area (Å²) >= 11 is 0. The van der Waals surface area contributed by atoms with E-state index in [0.29, 0.717) is 5.92 Å². The zero-order chi connectivity index (χ0) is 10.6. The van der Waals surface area contributed by atoms with Gasteiger partial charge in [-0.05, 0) is 32.6 Å². The van der Waals surface area contributed by atoms with Gasteiger partial charge in [-0.15, -0.1) is 0 Å². The van der Waals surface area contributed by atoms with Crippen LogP contribution in [0.1, 0.15) is 46.0 Å². The fourth-order valence-corrected chi connectivity index (χ4v) is 2.43. The average molecular weight is 196 g/mol. The van der Waals surface area contributed by atoms with Gasteiger partial charge in [-0.2, -0.15) is 0 Å². The monoisotopic (exact) mass is 196 g/mol. The Kier molecular flexibility index (Phi) is 3.73. The van der Waals surface area contributed by atoms with E-state index in [0.717, 1.165) is 12.8 Å². The smallest absolute Gasteiger partial charge is 0.313 e. The van der Waals surface area contributed by atoms with Crippen LogP contribution in [-0.4, -0.2) is 11.1 Å². The van der Waals surface area contributed by atoms with Gasteiger partial charge in [0.15, 0.2) is 0 Å². The van der Waals surface area contributed by atoms with E-state index in [2.05, 4.69) is 0 Å². The van der Waals surface area contributed by atoms with Crippen molar-refractivity contribution in [3.8, 4) is 0 Å². The van der Waals surface area contributed by atoms with Crippen molar-refractivity contribution in [3.63, 3.8) is 0 Å². The van der Waals surface area contributed by atoms with Gasteiger partial charge in [0.2, 0.25) is 0 Å². The minimum Gasteiger partial charge on any atom is -0.481 e. The van der Waals surface area contributed by atoms with Crippen molar-refractivity contribution in [2.45, 2.75) is 46.0 Å². The molecule has 14 heavy (non-hydrogen) atoms. The second-order valence-corrected chi connectivity index (χ2v) is 4.42. The quantitative estimate of drug-likeness (QED) is 0.703. The lowest BCUT2D eigenvalue weighted by Gasteiger charge is -2.34. The topological polar surface area (TPSA) is 37.3 Å². The van der Waals surface area contributed by atoms with E-state index in [4.69, 9.17) is 0 Å². The number of allylic oxidation sites excluding steroid dienone is 1. The van der Waals surface area contributed by atoms with Crippen molar-refractivity contribution in [1.29, 1.82) is 0 Å². The molecule has 1 aliphatic rings. The molecule has 1 rings (SSSR count). The van der Waals surface area contributed by atoms with E-state index in [1.165, 1.54) is 19.3 Å². The highest BCUT2D eigenvalue weighted by Crippen LogP contribution is 2.39. The van der Waals surface area contributed by atoms with Gasteiger partial charge in [0, 0.05) is 0 Å². The van der Waals surface area contributed by atoms with Crippen LogP contribution in [0.3, 0.4) is 0 Å². The predicted octanol–water partition coefficient (Wildman–Crippen LogP) is 3.23. The zero-order valence-electron chi connectivity index (χ0n) is 9.12. The molecule has 0 heterocycles. The van der Waals surface area contributed by atoms with Gasteiger partial charge >= 0.3 is 5.97 Å². The number of hydrogen-bond acceptors (Lipinski definition) is 1. The van der Waals surface area contributed by atoms with Gasteiger partial charge in [-0.3, -0.25) is 4.79 Å². The minimum absolute atomic E-state index is 0.324. The lowest BCUT2D eigenvalue weighted by atomic mass is 9.70. The highest BCUT2D eigenvalue weighted by Gasteiger charge is 2.39. The van der Waals surface area contributed by atoms with E-state index in [1.54, 1.807) is 0 Å². The number of carboxylic acid groups (broad SMARTS) is 1. The van der Waals surface area contributed by atoms with Crippen molar-refractivity contribution in [2.24, 2.45) is 11.3 Å². The molecule has 1 unspecified atom stereocenters. The third-order valence-electron chi connectivity index (χ3n) is 3.43. The Morgan fingerprint density at radius 2 is 1.93 bits per heavy atom. The van der Waals surface area contributed by atoms with Crippen LogP contribution in [0.15, 0.2) is 12.2 Å². The highest BCUT2D eigenvalue weighted by atomic mass is 16.4. The summed E-state index contributed by atoms with van der Waals surface area (Å²) < 4.78 is 0.